The Morgan fingerprint density at radius 2 is 1.67 bits per heavy atom. The number of sulfonamides is 1. The molecule has 0 spiro atoms. The number of primary sulfonamides is 1. The second-order valence-electron chi connectivity index (χ2n) is 8.90. The van der Waals surface area contributed by atoms with Crippen LogP contribution in [0.25, 0.3) is 0 Å². The summed E-state index contributed by atoms with van der Waals surface area (Å²) < 4.78 is 65.5. The fourth-order valence-electron chi connectivity index (χ4n) is 3.34. The standard InChI is InChI=1S/C24H33N5O6S.C2HF3O2/c1-5-6-7-18(23(31)27-19-14-17(36(26,32)33)10-8-15(19)2)28-24(25)29-22(30)13-16-9-11-20(34-3)21(12-16)35-4;3-2(4,5)1(6)7/h8-12,14,18H,5-7,13H2,1-4H3,(H,27,31)(H2,26,32,33)(H3,25,28,29,30);(H,6,7)/t18-;/m1./s1. The van der Waals surface area contributed by atoms with Crippen LogP contribution in [0.2, 0.25) is 0 Å². The first-order valence-corrected chi connectivity index (χ1v) is 14.1. The van der Waals surface area contributed by atoms with Crippen LogP contribution in [0.4, 0.5) is 18.9 Å². The molecule has 0 fully saturated rings. The van der Waals surface area contributed by atoms with E-state index in [1.165, 1.54) is 26.4 Å². The number of aryl methyl sites for hydroxylation is 1. The highest BCUT2D eigenvalue weighted by Gasteiger charge is 2.38. The molecule has 0 saturated heterocycles. The first kappa shape index (κ1) is 36.6. The van der Waals surface area contributed by atoms with Crippen molar-refractivity contribution < 1.29 is 50.6 Å². The van der Waals surface area contributed by atoms with Crippen LogP contribution in [0.5, 0.6) is 11.5 Å². The number of amides is 2. The molecular weight excluding hydrogens is 599 g/mol. The number of alkyl halides is 3. The Kier molecular flexibility index (Phi) is 13.9. The van der Waals surface area contributed by atoms with Gasteiger partial charge in [-0.2, -0.15) is 13.2 Å². The molecule has 0 unspecified atom stereocenters. The molecule has 0 radical (unpaired) electrons. The Morgan fingerprint density at radius 1 is 1.07 bits per heavy atom. The summed E-state index contributed by atoms with van der Waals surface area (Å²) >= 11 is 0. The first-order chi connectivity index (χ1) is 19.9. The van der Waals surface area contributed by atoms with Crippen LogP contribution in [0.15, 0.2) is 46.3 Å². The molecule has 0 aromatic heterocycles. The maximum atomic E-state index is 13.0. The van der Waals surface area contributed by atoms with Crippen LogP contribution in [-0.4, -0.2) is 63.7 Å². The highest BCUT2D eigenvalue weighted by molar-refractivity contribution is 7.89. The molecule has 7 N–H and O–H groups in total. The Hall–Kier alpha value is -4.38. The maximum absolute atomic E-state index is 13.0. The number of hydrogen-bond acceptors (Lipinski definition) is 8. The second-order valence-corrected chi connectivity index (χ2v) is 10.5. The van der Waals surface area contributed by atoms with Crippen molar-refractivity contribution in [3.8, 4) is 11.5 Å². The lowest BCUT2D eigenvalue weighted by molar-refractivity contribution is -0.192. The zero-order valence-electron chi connectivity index (χ0n) is 23.8. The predicted molar refractivity (Wildman–Crippen MR) is 151 cm³/mol. The van der Waals surface area contributed by atoms with Crippen LogP contribution in [-0.2, 0) is 30.8 Å². The van der Waals surface area contributed by atoms with E-state index >= 15 is 0 Å². The van der Waals surface area contributed by atoms with Gasteiger partial charge in [0.25, 0.3) is 0 Å². The van der Waals surface area contributed by atoms with Crippen LogP contribution >= 0.6 is 0 Å². The molecule has 0 heterocycles. The monoisotopic (exact) mass is 633 g/mol. The zero-order valence-corrected chi connectivity index (χ0v) is 24.6. The molecule has 0 bridgehead atoms. The topological polar surface area (TPSA) is 212 Å². The van der Waals surface area contributed by atoms with Crippen LogP contribution in [0.3, 0.4) is 0 Å². The number of aliphatic carboxylic acids is 1. The summed E-state index contributed by atoms with van der Waals surface area (Å²) in [5, 5.41) is 17.5. The van der Waals surface area contributed by atoms with Crippen molar-refractivity contribution in [2.75, 3.05) is 19.5 Å². The lowest BCUT2D eigenvalue weighted by atomic mass is 10.1. The summed E-state index contributed by atoms with van der Waals surface area (Å²) in [4.78, 5) is 38.5. The molecule has 0 aliphatic heterocycles. The lowest BCUT2D eigenvalue weighted by Gasteiger charge is -2.16. The van der Waals surface area contributed by atoms with Gasteiger partial charge >= 0.3 is 12.1 Å². The van der Waals surface area contributed by atoms with Crippen LogP contribution in [0, 0.1) is 6.92 Å². The van der Waals surface area contributed by atoms with Crippen molar-refractivity contribution in [2.24, 2.45) is 15.9 Å². The number of carboxylic acids is 1. The number of hydrogen-bond donors (Lipinski definition) is 5. The molecule has 43 heavy (non-hydrogen) atoms. The number of guanidine groups is 1. The van der Waals surface area contributed by atoms with Gasteiger partial charge in [-0.3, -0.25) is 14.9 Å². The number of nitrogens with one attached hydrogen (secondary N) is 2. The number of rotatable bonds is 11. The van der Waals surface area contributed by atoms with Gasteiger partial charge in [-0.15, -0.1) is 0 Å². The number of carbonyl (C=O) groups excluding carboxylic acids is 2. The van der Waals surface area contributed by atoms with Crippen molar-refractivity contribution in [3.05, 3.63) is 47.5 Å². The molecular formula is C26H34F3N5O8S. The number of benzene rings is 2. The Bertz CT molecular complexity index is 1430. The average molecular weight is 634 g/mol. The number of aliphatic imine (C=N–C) groups is 1. The summed E-state index contributed by atoms with van der Waals surface area (Å²) in [5.74, 6) is -2.84. The fourth-order valence-corrected chi connectivity index (χ4v) is 3.88. The number of carbonyl (C=O) groups is 3. The van der Waals surface area contributed by atoms with Crippen LogP contribution < -0.4 is 31.0 Å². The van der Waals surface area contributed by atoms with Gasteiger partial charge in [0.05, 0.1) is 25.5 Å². The largest absolute Gasteiger partial charge is 0.493 e. The molecule has 0 aliphatic rings. The number of methoxy groups -OCH3 is 2. The molecule has 0 saturated carbocycles. The Morgan fingerprint density at radius 3 is 2.19 bits per heavy atom. The van der Waals surface area contributed by atoms with Gasteiger partial charge in [-0.25, -0.2) is 23.3 Å². The molecule has 2 amide bonds. The first-order valence-electron chi connectivity index (χ1n) is 12.5. The summed E-state index contributed by atoms with van der Waals surface area (Å²) in [6.07, 6.45) is -3.21. The molecule has 2 aromatic rings. The number of nitrogens with two attached hydrogens (primary N) is 2. The van der Waals surface area contributed by atoms with E-state index in [-0.39, 0.29) is 17.3 Å². The fraction of sp³-hybridized carbons (Fsp3) is 0.385. The maximum Gasteiger partial charge on any atom is 0.490 e. The Labute approximate surface area is 246 Å². The number of anilines is 1. The average Bonchev–Trinajstić information content (AvgIpc) is 2.91. The minimum atomic E-state index is -5.08. The van der Waals surface area contributed by atoms with Crippen molar-refractivity contribution in [3.63, 3.8) is 0 Å². The van der Waals surface area contributed by atoms with E-state index in [2.05, 4.69) is 15.6 Å². The van der Waals surface area contributed by atoms with Gasteiger partial charge in [0.1, 0.15) is 6.04 Å². The third-order valence-corrected chi connectivity index (χ3v) is 6.46. The van der Waals surface area contributed by atoms with Crippen molar-refractivity contribution in [1.29, 1.82) is 0 Å². The third kappa shape index (κ3) is 12.6. The minimum absolute atomic E-state index is 0.00193. The molecule has 13 nitrogen and oxygen atoms in total. The summed E-state index contributed by atoms with van der Waals surface area (Å²) in [6.45, 7) is 3.68. The van der Waals surface area contributed by atoms with Crippen molar-refractivity contribution in [2.45, 2.75) is 56.6 Å². The number of nitrogens with zero attached hydrogens (tertiary/aromatic N) is 1. The van der Waals surface area contributed by atoms with Gasteiger partial charge in [0.15, 0.2) is 17.5 Å². The summed E-state index contributed by atoms with van der Waals surface area (Å²) in [6, 6.07) is 8.39. The molecule has 2 rings (SSSR count). The van der Waals surface area contributed by atoms with Crippen molar-refractivity contribution in [1.82, 2.24) is 5.32 Å². The second kappa shape index (κ2) is 16.3. The molecule has 0 aliphatic carbocycles. The van der Waals surface area contributed by atoms with E-state index in [9.17, 15) is 31.2 Å². The van der Waals surface area contributed by atoms with Gasteiger partial charge in [-0.05, 0) is 48.7 Å². The highest BCUT2D eigenvalue weighted by atomic mass is 32.2. The number of halogens is 3. The van der Waals surface area contributed by atoms with Gasteiger partial charge in [0.2, 0.25) is 21.8 Å². The van der Waals surface area contributed by atoms with Crippen LogP contribution in [0.1, 0.15) is 37.3 Å². The SMILES string of the molecule is CCCC[C@@H](N=C(N)NC(=O)Cc1ccc(OC)c(OC)c1)C(=O)Nc1cc(S(N)(=O)=O)ccc1C.O=C(O)C(F)(F)F. The van der Waals surface area contributed by atoms with Gasteiger partial charge in [0, 0.05) is 5.69 Å². The number of unbranched alkanes of at least 4 members (excludes halogenated alkanes) is 1. The van der Waals surface area contributed by atoms with Gasteiger partial charge < -0.3 is 25.6 Å². The molecule has 2 aromatic carbocycles. The van der Waals surface area contributed by atoms with Gasteiger partial charge in [-0.1, -0.05) is 31.9 Å². The minimum Gasteiger partial charge on any atom is -0.493 e. The molecule has 17 heteroatoms. The Balaban J connectivity index is 0.00000117. The van der Waals surface area contributed by atoms with Crippen molar-refractivity contribution >= 4 is 39.5 Å². The lowest BCUT2D eigenvalue weighted by Crippen LogP contribution is -2.40. The normalized spacial score (nSPS) is 12.3. The van der Waals surface area contributed by atoms with E-state index in [1.54, 1.807) is 31.2 Å². The highest BCUT2D eigenvalue weighted by Crippen LogP contribution is 2.27. The van der Waals surface area contributed by atoms with E-state index in [1.807, 2.05) is 6.92 Å². The predicted octanol–water partition coefficient (Wildman–Crippen LogP) is 2.46. The summed E-state index contributed by atoms with van der Waals surface area (Å²) in [7, 11) is -0.921. The van der Waals surface area contributed by atoms with E-state index in [0.29, 0.717) is 41.2 Å². The number of ether oxygens (including phenoxy) is 2. The third-order valence-electron chi connectivity index (χ3n) is 5.55. The molecule has 238 valence electrons. The quantitative estimate of drug-likeness (QED) is 0.181. The smallest absolute Gasteiger partial charge is 0.490 e. The van der Waals surface area contributed by atoms with E-state index in [0.717, 1.165) is 6.42 Å². The number of carboxylic acid groups (broad SMARTS) is 1. The van der Waals surface area contributed by atoms with E-state index in [4.69, 9.17) is 30.2 Å². The summed E-state index contributed by atoms with van der Waals surface area (Å²) in [5.41, 5.74) is 7.55. The molecule has 1 atom stereocenters. The zero-order chi connectivity index (χ0) is 33.0. The van der Waals surface area contributed by atoms with E-state index < -0.39 is 40.0 Å².